The molecular formula is C13H23N3O5S. The van der Waals surface area contributed by atoms with E-state index in [0.29, 0.717) is 6.54 Å². The highest BCUT2D eigenvalue weighted by atomic mass is 32.3. The molecule has 1 amide bonds. The lowest BCUT2D eigenvalue weighted by Crippen LogP contribution is -2.50. The van der Waals surface area contributed by atoms with E-state index in [-0.39, 0.29) is 5.91 Å². The van der Waals surface area contributed by atoms with Crippen molar-refractivity contribution >= 4 is 22.1 Å². The maximum absolute atomic E-state index is 11.0. The quantitative estimate of drug-likeness (QED) is 0.228. The predicted octanol–water partition coefficient (Wildman–Crippen LogP) is -0.184. The molecule has 0 radical (unpaired) electrons. The fourth-order valence-corrected chi connectivity index (χ4v) is 1.85. The van der Waals surface area contributed by atoms with E-state index < -0.39 is 10.4 Å². The van der Waals surface area contributed by atoms with Gasteiger partial charge in [-0.1, -0.05) is 12.7 Å². The van der Waals surface area contributed by atoms with Gasteiger partial charge in [-0.2, -0.15) is 0 Å². The molecule has 0 fully saturated rings. The molecule has 1 aliphatic heterocycles. The van der Waals surface area contributed by atoms with Crippen molar-refractivity contribution < 1.29 is 26.4 Å². The monoisotopic (exact) mass is 333 g/mol. The van der Waals surface area contributed by atoms with E-state index in [2.05, 4.69) is 34.7 Å². The van der Waals surface area contributed by atoms with Crippen LogP contribution in [-0.2, 0) is 19.4 Å². The fourth-order valence-electron chi connectivity index (χ4n) is 1.85. The Morgan fingerprint density at radius 3 is 2.59 bits per heavy atom. The first kappa shape index (κ1) is 20.5. The number of nitrogens with one attached hydrogen (secondary N) is 1. The Labute approximate surface area is 131 Å². The molecule has 9 heteroatoms. The van der Waals surface area contributed by atoms with Crippen molar-refractivity contribution in [3.8, 4) is 0 Å². The largest absolute Gasteiger partial charge is 0.726 e. The second kappa shape index (κ2) is 9.46. The molecule has 1 unspecified atom stereocenters. The molecule has 0 aromatic rings. The van der Waals surface area contributed by atoms with Crippen molar-refractivity contribution in [2.75, 3.05) is 40.3 Å². The summed E-state index contributed by atoms with van der Waals surface area (Å²) in [4.78, 5) is 15.5. The Morgan fingerprint density at radius 1 is 1.55 bits per heavy atom. The highest BCUT2D eigenvalue weighted by Gasteiger charge is 2.32. The molecule has 0 spiro atoms. The first-order valence-corrected chi connectivity index (χ1v) is 7.93. The van der Waals surface area contributed by atoms with Crippen molar-refractivity contribution in [1.29, 1.82) is 0 Å². The number of hydrogen-bond acceptors (Lipinski definition) is 6. The fraction of sp³-hybridized carbons (Fsp3) is 0.538. The Kier molecular flexibility index (Phi) is 8.80. The second-order valence-electron chi connectivity index (χ2n) is 4.70. The standard InChI is InChI=1S/C12H19N3O.CH4O4S/c1-4-6-11-13-7-9-15(11,3)10-8-14-12(16)5-2;1-5-6(2,3)4/h4-5H,1-2,6-10H2,3H3;1H3,(H,2,3,4). The van der Waals surface area contributed by atoms with Crippen LogP contribution in [0.25, 0.3) is 0 Å². The molecule has 1 heterocycles. The van der Waals surface area contributed by atoms with E-state index in [9.17, 15) is 17.8 Å². The number of nitrogens with zero attached hydrogens (tertiary/aromatic N) is 2. The van der Waals surface area contributed by atoms with Gasteiger partial charge in [0, 0.05) is 0 Å². The number of likely N-dealkylation sites (N-methyl/N-ethyl adjacent to an activating group) is 1. The minimum Gasteiger partial charge on any atom is -0.726 e. The molecule has 126 valence electrons. The molecule has 0 saturated carbocycles. The van der Waals surface area contributed by atoms with Crippen LogP contribution in [0.5, 0.6) is 0 Å². The summed E-state index contributed by atoms with van der Waals surface area (Å²) in [6.45, 7) is 10.6. The molecule has 22 heavy (non-hydrogen) atoms. The summed E-state index contributed by atoms with van der Waals surface area (Å²) in [7, 11) is -1.46. The average Bonchev–Trinajstić information content (AvgIpc) is 2.80. The van der Waals surface area contributed by atoms with Crippen LogP contribution in [0.2, 0.25) is 0 Å². The van der Waals surface area contributed by atoms with Crippen LogP contribution in [-0.4, -0.2) is 69.5 Å². The number of carbonyl (C=O) groups is 1. The third-order valence-corrected chi connectivity index (χ3v) is 3.54. The zero-order valence-corrected chi connectivity index (χ0v) is 13.8. The van der Waals surface area contributed by atoms with Gasteiger partial charge in [0.25, 0.3) is 0 Å². The summed E-state index contributed by atoms with van der Waals surface area (Å²) in [5, 5.41) is 2.79. The molecule has 0 aromatic carbocycles. The van der Waals surface area contributed by atoms with E-state index in [1.807, 2.05) is 6.08 Å². The highest BCUT2D eigenvalue weighted by molar-refractivity contribution is 7.80. The summed E-state index contributed by atoms with van der Waals surface area (Å²) >= 11 is 0. The zero-order valence-electron chi connectivity index (χ0n) is 12.9. The Hall–Kier alpha value is -1.55. The number of quaternary nitrogens is 1. The molecule has 0 bridgehead atoms. The van der Waals surface area contributed by atoms with Crippen molar-refractivity contribution in [1.82, 2.24) is 5.32 Å². The SMILES string of the molecule is C=CCC1=NCC[N+]1(C)CCNC(=O)C=C.COS(=O)(=O)[O-]. The minimum atomic E-state index is -4.41. The molecule has 1 N–H and O–H groups in total. The number of amidine groups is 1. The van der Waals surface area contributed by atoms with E-state index in [0.717, 1.165) is 43.5 Å². The molecule has 1 aliphatic rings. The van der Waals surface area contributed by atoms with Crippen LogP contribution in [0.1, 0.15) is 6.42 Å². The third kappa shape index (κ3) is 8.03. The Morgan fingerprint density at radius 2 is 2.14 bits per heavy atom. The van der Waals surface area contributed by atoms with E-state index in [1.54, 1.807) is 0 Å². The second-order valence-corrected chi connectivity index (χ2v) is 5.85. The van der Waals surface area contributed by atoms with Gasteiger partial charge < -0.3 is 9.87 Å². The first-order valence-electron chi connectivity index (χ1n) is 6.59. The molecule has 8 nitrogen and oxygen atoms in total. The summed E-state index contributed by atoms with van der Waals surface area (Å²) in [6.07, 6.45) is 4.00. The van der Waals surface area contributed by atoms with Crippen LogP contribution in [0.3, 0.4) is 0 Å². The summed E-state index contributed by atoms with van der Waals surface area (Å²) in [5.74, 6) is 1.04. The van der Waals surface area contributed by atoms with Gasteiger partial charge in [-0.3, -0.25) is 13.5 Å². The van der Waals surface area contributed by atoms with Crippen LogP contribution >= 0.6 is 0 Å². The lowest BCUT2D eigenvalue weighted by molar-refractivity contribution is -0.813. The van der Waals surface area contributed by atoms with Gasteiger partial charge in [0.15, 0.2) is 0 Å². The zero-order chi connectivity index (χ0) is 17.2. The van der Waals surface area contributed by atoms with Gasteiger partial charge in [-0.05, 0) is 6.08 Å². The van der Waals surface area contributed by atoms with E-state index >= 15 is 0 Å². The van der Waals surface area contributed by atoms with Crippen molar-refractivity contribution in [3.63, 3.8) is 0 Å². The number of aliphatic imine (C=N–C) groups is 1. The van der Waals surface area contributed by atoms with Gasteiger partial charge >= 0.3 is 0 Å². The lowest BCUT2D eigenvalue weighted by atomic mass is 10.3. The summed E-state index contributed by atoms with van der Waals surface area (Å²) < 4.78 is 31.8. The van der Waals surface area contributed by atoms with E-state index in [4.69, 9.17) is 0 Å². The number of amides is 1. The Balaban J connectivity index is 0.000000626. The van der Waals surface area contributed by atoms with E-state index in [1.165, 1.54) is 6.08 Å². The molecule has 0 aliphatic carbocycles. The van der Waals surface area contributed by atoms with Crippen LogP contribution in [0.4, 0.5) is 0 Å². The predicted molar refractivity (Wildman–Crippen MR) is 82.9 cm³/mol. The maximum atomic E-state index is 11.0. The van der Waals surface area contributed by atoms with Gasteiger partial charge in [0.2, 0.25) is 22.1 Å². The molecule has 0 aromatic heterocycles. The van der Waals surface area contributed by atoms with Gasteiger partial charge in [0.1, 0.15) is 13.1 Å². The minimum absolute atomic E-state index is 0.118. The third-order valence-electron chi connectivity index (χ3n) is 3.13. The normalized spacial score (nSPS) is 20.4. The number of rotatable bonds is 7. The topological polar surface area (TPSA) is 108 Å². The Bertz CT molecular complexity index is 530. The summed E-state index contributed by atoms with van der Waals surface area (Å²) in [6, 6.07) is 0. The average molecular weight is 333 g/mol. The van der Waals surface area contributed by atoms with Crippen LogP contribution in [0, 0.1) is 0 Å². The molecule has 0 saturated heterocycles. The smallest absolute Gasteiger partial charge is 0.243 e. The van der Waals surface area contributed by atoms with Crippen LogP contribution < -0.4 is 5.32 Å². The van der Waals surface area contributed by atoms with Gasteiger partial charge in [-0.15, -0.1) is 6.58 Å². The highest BCUT2D eigenvalue weighted by Crippen LogP contribution is 2.14. The number of hydrogen-bond donors (Lipinski definition) is 1. The van der Waals surface area contributed by atoms with Gasteiger partial charge in [-0.25, -0.2) is 13.4 Å². The lowest BCUT2D eigenvalue weighted by Gasteiger charge is -2.29. The molecule has 1 atom stereocenters. The molecule has 1 rings (SSSR count). The van der Waals surface area contributed by atoms with Crippen LogP contribution in [0.15, 0.2) is 30.3 Å². The van der Waals surface area contributed by atoms with Gasteiger partial charge in [0.05, 0.1) is 33.7 Å². The number of carbonyl (C=O) groups excluding carboxylic acids is 1. The maximum Gasteiger partial charge on any atom is 0.243 e. The van der Waals surface area contributed by atoms with Crippen molar-refractivity contribution in [2.24, 2.45) is 4.99 Å². The van der Waals surface area contributed by atoms with Crippen molar-refractivity contribution in [2.45, 2.75) is 6.42 Å². The molecular weight excluding hydrogens is 310 g/mol. The first-order chi connectivity index (χ1) is 10.2. The van der Waals surface area contributed by atoms with Crippen molar-refractivity contribution in [3.05, 3.63) is 25.3 Å². The summed E-state index contributed by atoms with van der Waals surface area (Å²) in [5.41, 5.74) is 0.